The molecule has 0 spiro atoms. The molecule has 3 rings (SSSR count). The van der Waals surface area contributed by atoms with Gasteiger partial charge in [0.05, 0.1) is 12.1 Å². The molecule has 1 amide bonds. The van der Waals surface area contributed by atoms with Crippen LogP contribution < -0.4 is 10.9 Å². The Morgan fingerprint density at radius 1 is 1.43 bits per heavy atom. The summed E-state index contributed by atoms with van der Waals surface area (Å²) in [7, 11) is 0. The fourth-order valence-corrected chi connectivity index (χ4v) is 2.55. The lowest BCUT2D eigenvalue weighted by molar-refractivity contribution is -0.113. The van der Waals surface area contributed by atoms with Crippen LogP contribution in [0.4, 0.5) is 10.1 Å². The average molecular weight is 333 g/mol. The highest BCUT2D eigenvalue weighted by Crippen LogP contribution is 2.16. The van der Waals surface area contributed by atoms with Gasteiger partial charge >= 0.3 is 0 Å². The van der Waals surface area contributed by atoms with Crippen molar-refractivity contribution in [3.63, 3.8) is 0 Å². The second-order valence-corrected chi connectivity index (χ2v) is 5.74. The van der Waals surface area contributed by atoms with E-state index >= 15 is 0 Å². The summed E-state index contributed by atoms with van der Waals surface area (Å²) in [5.41, 5.74) is 1.11. The lowest BCUT2D eigenvalue weighted by Crippen LogP contribution is -2.15. The number of nitrogens with one attached hydrogen (secondary N) is 3. The van der Waals surface area contributed by atoms with Crippen LogP contribution in [0.25, 0.3) is 11.2 Å². The molecule has 0 bridgehead atoms. The smallest absolute Gasteiger partial charge is 0.277 e. The lowest BCUT2D eigenvalue weighted by atomic mass is 10.2. The van der Waals surface area contributed by atoms with E-state index in [1.54, 1.807) is 19.1 Å². The summed E-state index contributed by atoms with van der Waals surface area (Å²) in [5, 5.41) is 2.88. The zero-order valence-electron chi connectivity index (χ0n) is 12.0. The first-order valence-corrected chi connectivity index (χ1v) is 7.63. The van der Waals surface area contributed by atoms with Gasteiger partial charge in [0.1, 0.15) is 5.82 Å². The molecule has 3 N–H and O–H groups in total. The molecule has 3 aromatic rings. The number of carbonyl (C=O) groups excluding carboxylic acids is 1. The molecule has 23 heavy (non-hydrogen) atoms. The van der Waals surface area contributed by atoms with Crippen molar-refractivity contribution >= 4 is 34.5 Å². The fourth-order valence-electron chi connectivity index (χ4n) is 1.89. The van der Waals surface area contributed by atoms with E-state index in [0.29, 0.717) is 16.4 Å². The van der Waals surface area contributed by atoms with Crippen molar-refractivity contribution < 1.29 is 9.18 Å². The summed E-state index contributed by atoms with van der Waals surface area (Å²) in [4.78, 5) is 36.9. The van der Waals surface area contributed by atoms with Gasteiger partial charge in [0, 0.05) is 5.69 Å². The number of amides is 1. The Balaban J connectivity index is 1.65. The third-order valence-electron chi connectivity index (χ3n) is 3.07. The molecular weight excluding hydrogens is 321 g/mol. The standard InChI is InChI=1S/C14H12FN5O2S/c1-7-2-3-8(4-9(7)15)18-10(21)5-23-14-19-12-11(13(22)20-14)16-6-17-12/h2-4,6H,5H2,1H3,(H,18,21)(H2,16,17,19,20,22). The van der Waals surface area contributed by atoms with Crippen molar-refractivity contribution in [3.8, 4) is 0 Å². The number of thioether (sulfide) groups is 1. The van der Waals surface area contributed by atoms with Crippen LogP contribution in [0.2, 0.25) is 0 Å². The van der Waals surface area contributed by atoms with E-state index in [-0.39, 0.29) is 34.2 Å². The number of rotatable bonds is 4. The number of aromatic nitrogens is 4. The SMILES string of the molecule is Cc1ccc(NC(=O)CSc2nc3nc[nH]c3c(=O)[nH]2)cc1F. The quantitative estimate of drug-likeness (QED) is 0.499. The van der Waals surface area contributed by atoms with Crippen LogP contribution >= 0.6 is 11.8 Å². The molecule has 0 radical (unpaired) electrons. The number of H-pyrrole nitrogens is 2. The summed E-state index contributed by atoms with van der Waals surface area (Å²) in [6.07, 6.45) is 1.37. The molecule has 2 aromatic heterocycles. The third kappa shape index (κ3) is 3.39. The Bertz CT molecular complexity index is 936. The van der Waals surface area contributed by atoms with Crippen molar-refractivity contribution in [3.05, 3.63) is 46.3 Å². The van der Waals surface area contributed by atoms with Gasteiger partial charge in [0.15, 0.2) is 16.3 Å². The van der Waals surface area contributed by atoms with Crippen LogP contribution in [0.1, 0.15) is 5.56 Å². The molecule has 0 fully saturated rings. The number of hydrogen-bond acceptors (Lipinski definition) is 5. The highest BCUT2D eigenvalue weighted by atomic mass is 32.2. The monoisotopic (exact) mass is 333 g/mol. The summed E-state index contributed by atoms with van der Waals surface area (Å²) >= 11 is 1.06. The highest BCUT2D eigenvalue weighted by Gasteiger charge is 2.09. The molecule has 0 aliphatic heterocycles. The number of anilines is 1. The van der Waals surface area contributed by atoms with Crippen molar-refractivity contribution in [1.29, 1.82) is 0 Å². The van der Waals surface area contributed by atoms with Gasteiger partial charge in [-0.3, -0.25) is 14.6 Å². The van der Waals surface area contributed by atoms with Crippen molar-refractivity contribution in [2.45, 2.75) is 12.1 Å². The predicted molar refractivity (Wildman–Crippen MR) is 85.0 cm³/mol. The van der Waals surface area contributed by atoms with E-state index in [1.807, 2.05) is 0 Å². The molecule has 2 heterocycles. The molecular formula is C14H12FN5O2S. The van der Waals surface area contributed by atoms with Gasteiger partial charge in [0.25, 0.3) is 5.56 Å². The minimum Gasteiger partial charge on any atom is -0.339 e. The molecule has 0 saturated heterocycles. The second kappa shape index (κ2) is 6.21. The van der Waals surface area contributed by atoms with Crippen LogP contribution in [0.5, 0.6) is 0 Å². The van der Waals surface area contributed by atoms with Gasteiger partial charge in [-0.25, -0.2) is 14.4 Å². The van der Waals surface area contributed by atoms with Gasteiger partial charge in [-0.2, -0.15) is 0 Å². The first kappa shape index (κ1) is 15.2. The normalized spacial score (nSPS) is 10.9. The van der Waals surface area contributed by atoms with E-state index in [9.17, 15) is 14.0 Å². The van der Waals surface area contributed by atoms with Crippen LogP contribution in [0.3, 0.4) is 0 Å². The van der Waals surface area contributed by atoms with Crippen LogP contribution in [0.15, 0.2) is 34.5 Å². The third-order valence-corrected chi connectivity index (χ3v) is 3.94. The molecule has 0 atom stereocenters. The van der Waals surface area contributed by atoms with Gasteiger partial charge < -0.3 is 10.3 Å². The highest BCUT2D eigenvalue weighted by molar-refractivity contribution is 7.99. The predicted octanol–water partition coefficient (Wildman–Crippen LogP) is 1.82. The molecule has 118 valence electrons. The zero-order valence-corrected chi connectivity index (χ0v) is 12.8. The Morgan fingerprint density at radius 2 is 2.26 bits per heavy atom. The van der Waals surface area contributed by atoms with Gasteiger partial charge in [-0.05, 0) is 24.6 Å². The summed E-state index contributed by atoms with van der Waals surface area (Å²) in [5.74, 6) is -0.692. The van der Waals surface area contributed by atoms with Gasteiger partial charge in [0.2, 0.25) is 5.91 Å². The number of benzene rings is 1. The Labute approximate surface area is 133 Å². The molecule has 0 aliphatic carbocycles. The summed E-state index contributed by atoms with van der Waals surface area (Å²) < 4.78 is 13.4. The lowest BCUT2D eigenvalue weighted by Gasteiger charge is -2.06. The molecule has 7 nitrogen and oxygen atoms in total. The van der Waals surface area contributed by atoms with E-state index in [0.717, 1.165) is 11.8 Å². The van der Waals surface area contributed by atoms with Gasteiger partial charge in [-0.15, -0.1) is 0 Å². The van der Waals surface area contributed by atoms with Crippen molar-refractivity contribution in [2.24, 2.45) is 0 Å². The topological polar surface area (TPSA) is 104 Å². The van der Waals surface area contributed by atoms with E-state index in [2.05, 4.69) is 25.3 Å². The number of imidazole rings is 1. The number of carbonyl (C=O) groups is 1. The Hall–Kier alpha value is -2.68. The number of nitrogens with zero attached hydrogens (tertiary/aromatic N) is 2. The minimum absolute atomic E-state index is 0.0222. The van der Waals surface area contributed by atoms with Crippen LogP contribution in [-0.2, 0) is 4.79 Å². The molecule has 0 unspecified atom stereocenters. The van der Waals surface area contributed by atoms with E-state index in [1.165, 1.54) is 12.4 Å². The van der Waals surface area contributed by atoms with Crippen LogP contribution in [-0.4, -0.2) is 31.6 Å². The van der Waals surface area contributed by atoms with Gasteiger partial charge in [-0.1, -0.05) is 17.8 Å². The first-order chi connectivity index (χ1) is 11.0. The zero-order chi connectivity index (χ0) is 16.4. The molecule has 0 aliphatic rings. The number of hydrogen-bond donors (Lipinski definition) is 3. The average Bonchev–Trinajstić information content (AvgIpc) is 2.98. The minimum atomic E-state index is -0.384. The second-order valence-electron chi connectivity index (χ2n) is 4.77. The maximum Gasteiger partial charge on any atom is 0.277 e. The molecule has 0 saturated carbocycles. The van der Waals surface area contributed by atoms with E-state index in [4.69, 9.17) is 0 Å². The fraction of sp³-hybridized carbons (Fsp3) is 0.143. The number of halogens is 1. The van der Waals surface area contributed by atoms with Crippen LogP contribution in [0, 0.1) is 12.7 Å². The maximum atomic E-state index is 13.4. The summed E-state index contributed by atoms with van der Waals surface area (Å²) in [6.45, 7) is 1.64. The Kier molecular flexibility index (Phi) is 4.11. The molecule has 1 aromatic carbocycles. The van der Waals surface area contributed by atoms with Crippen molar-refractivity contribution in [1.82, 2.24) is 19.9 Å². The Morgan fingerprint density at radius 3 is 3.04 bits per heavy atom. The van der Waals surface area contributed by atoms with Crippen molar-refractivity contribution in [2.75, 3.05) is 11.1 Å². The number of aromatic amines is 2. The maximum absolute atomic E-state index is 13.4. The number of aryl methyl sites for hydroxylation is 1. The summed E-state index contributed by atoms with van der Waals surface area (Å²) in [6, 6.07) is 4.47. The largest absolute Gasteiger partial charge is 0.339 e. The molecule has 9 heteroatoms. The number of fused-ring (bicyclic) bond motifs is 1. The van der Waals surface area contributed by atoms with E-state index < -0.39 is 0 Å². The first-order valence-electron chi connectivity index (χ1n) is 6.65.